The van der Waals surface area contributed by atoms with Crippen LogP contribution < -0.4 is 15.8 Å². The van der Waals surface area contributed by atoms with Crippen LogP contribution in [0.25, 0.3) is 11.0 Å². The number of nitrogens with zero attached hydrogens (tertiary/aromatic N) is 3. The van der Waals surface area contributed by atoms with Crippen LogP contribution >= 0.6 is 0 Å². The van der Waals surface area contributed by atoms with E-state index in [0.717, 1.165) is 5.56 Å². The monoisotopic (exact) mass is 423 g/mol. The average Bonchev–Trinajstić information content (AvgIpc) is 2.79. The van der Waals surface area contributed by atoms with Crippen LogP contribution in [0.4, 0.5) is 11.6 Å². The lowest BCUT2D eigenvalue weighted by molar-refractivity contribution is 0.0600. The molecule has 2 N–H and O–H groups in total. The van der Waals surface area contributed by atoms with E-state index in [0.29, 0.717) is 54.5 Å². The van der Waals surface area contributed by atoms with Gasteiger partial charge in [0.25, 0.3) is 11.5 Å². The number of hydrogen-bond acceptors (Lipinski definition) is 8. The number of aryl methyl sites for hydroxylation is 1. The first-order valence-corrected chi connectivity index (χ1v) is 9.69. The number of anilines is 2. The Balaban J connectivity index is 1.62. The van der Waals surface area contributed by atoms with Crippen molar-refractivity contribution < 1.29 is 19.1 Å². The molecule has 0 aliphatic carbocycles. The maximum Gasteiger partial charge on any atom is 0.337 e. The number of H-pyrrole nitrogens is 1. The van der Waals surface area contributed by atoms with E-state index in [4.69, 9.17) is 9.47 Å². The van der Waals surface area contributed by atoms with Crippen molar-refractivity contribution in [3.63, 3.8) is 0 Å². The Labute approximate surface area is 177 Å². The fourth-order valence-electron chi connectivity index (χ4n) is 3.26. The maximum absolute atomic E-state index is 12.8. The average molecular weight is 423 g/mol. The van der Waals surface area contributed by atoms with E-state index in [2.05, 4.69) is 20.3 Å². The van der Waals surface area contributed by atoms with Gasteiger partial charge in [-0.15, -0.1) is 0 Å². The molecule has 0 bridgehead atoms. The van der Waals surface area contributed by atoms with Crippen molar-refractivity contribution in [1.82, 2.24) is 15.0 Å². The van der Waals surface area contributed by atoms with Crippen LogP contribution in [0.5, 0.6) is 0 Å². The molecule has 4 rings (SSSR count). The highest BCUT2D eigenvalue weighted by molar-refractivity contribution is 6.06. The Morgan fingerprint density at radius 2 is 2.00 bits per heavy atom. The number of ether oxygens (including phenoxy) is 2. The number of morpholine rings is 1. The molecule has 31 heavy (non-hydrogen) atoms. The van der Waals surface area contributed by atoms with Gasteiger partial charge < -0.3 is 24.7 Å². The number of hydrogen-bond donors (Lipinski definition) is 2. The lowest BCUT2D eigenvalue weighted by Gasteiger charge is -2.26. The minimum absolute atomic E-state index is 0.0851. The second-order valence-corrected chi connectivity index (χ2v) is 7.06. The predicted molar refractivity (Wildman–Crippen MR) is 114 cm³/mol. The Hall–Kier alpha value is -3.79. The van der Waals surface area contributed by atoms with Crippen LogP contribution in [0.1, 0.15) is 26.3 Å². The molecule has 0 radical (unpaired) electrons. The van der Waals surface area contributed by atoms with Crippen LogP contribution in [-0.2, 0) is 9.47 Å². The largest absolute Gasteiger partial charge is 0.465 e. The molecule has 1 saturated heterocycles. The van der Waals surface area contributed by atoms with E-state index in [9.17, 15) is 14.4 Å². The fourth-order valence-corrected chi connectivity index (χ4v) is 3.26. The van der Waals surface area contributed by atoms with Crippen LogP contribution in [0, 0.1) is 6.92 Å². The third-order valence-corrected chi connectivity index (χ3v) is 5.03. The maximum atomic E-state index is 12.8. The summed E-state index contributed by atoms with van der Waals surface area (Å²) in [5.74, 6) is -0.628. The van der Waals surface area contributed by atoms with E-state index < -0.39 is 17.4 Å². The summed E-state index contributed by atoms with van der Waals surface area (Å²) in [4.78, 5) is 50.5. The number of esters is 1. The standard InChI is InChI=1S/C21H21N5O5/c1-12-3-4-13(20(29)30-2)10-16(12)23-18(27)15-9-14-11-22-21(25-17(14)24-19(15)28)26-5-7-31-8-6-26/h3-4,9-11H,5-8H2,1-2H3,(H,23,27)(H,22,24,25,28). The highest BCUT2D eigenvalue weighted by atomic mass is 16.5. The molecule has 1 aliphatic rings. The molecule has 0 spiro atoms. The first-order chi connectivity index (χ1) is 15.0. The Bertz CT molecular complexity index is 1220. The van der Waals surface area contributed by atoms with Gasteiger partial charge in [-0.3, -0.25) is 9.59 Å². The van der Waals surface area contributed by atoms with E-state index in [1.54, 1.807) is 25.3 Å². The van der Waals surface area contributed by atoms with Gasteiger partial charge >= 0.3 is 5.97 Å². The molecule has 1 fully saturated rings. The number of carbonyl (C=O) groups is 2. The molecule has 10 heteroatoms. The number of aromatic amines is 1. The fraction of sp³-hybridized carbons (Fsp3) is 0.286. The number of fused-ring (bicyclic) bond motifs is 1. The zero-order valence-electron chi connectivity index (χ0n) is 17.1. The van der Waals surface area contributed by atoms with Gasteiger partial charge in [0, 0.05) is 30.4 Å². The van der Waals surface area contributed by atoms with Crippen molar-refractivity contribution in [2.24, 2.45) is 0 Å². The molecule has 0 unspecified atom stereocenters. The minimum atomic E-state index is -0.606. The van der Waals surface area contributed by atoms with Gasteiger partial charge in [0.05, 0.1) is 25.9 Å². The number of nitrogens with one attached hydrogen (secondary N) is 2. The third-order valence-electron chi connectivity index (χ3n) is 5.03. The van der Waals surface area contributed by atoms with Crippen LogP contribution in [0.3, 0.4) is 0 Å². The molecular formula is C21H21N5O5. The summed E-state index contributed by atoms with van der Waals surface area (Å²) in [6, 6.07) is 6.24. The van der Waals surface area contributed by atoms with Crippen LogP contribution in [0.15, 0.2) is 35.3 Å². The van der Waals surface area contributed by atoms with Gasteiger partial charge in [-0.1, -0.05) is 6.07 Å². The second-order valence-electron chi connectivity index (χ2n) is 7.06. The molecule has 0 atom stereocenters. The SMILES string of the molecule is COC(=O)c1ccc(C)c(NC(=O)c2cc3cnc(N4CCOCC4)nc3[nH]c2=O)c1. The number of pyridine rings is 1. The van der Waals surface area contributed by atoms with Crippen molar-refractivity contribution >= 4 is 34.5 Å². The molecule has 3 aromatic rings. The summed E-state index contributed by atoms with van der Waals surface area (Å²) in [5.41, 5.74) is 1.13. The Morgan fingerprint density at radius 1 is 1.23 bits per heavy atom. The van der Waals surface area contributed by atoms with Gasteiger partial charge in [0.15, 0.2) is 0 Å². The molecular weight excluding hydrogens is 402 g/mol. The van der Waals surface area contributed by atoms with Crippen LogP contribution in [-0.4, -0.2) is 60.2 Å². The van der Waals surface area contributed by atoms with Crippen molar-refractivity contribution in [1.29, 1.82) is 0 Å². The lowest BCUT2D eigenvalue weighted by atomic mass is 10.1. The van der Waals surface area contributed by atoms with Crippen molar-refractivity contribution in [3.8, 4) is 0 Å². The highest BCUT2D eigenvalue weighted by Crippen LogP contribution is 2.19. The normalized spacial score (nSPS) is 13.8. The van der Waals surface area contributed by atoms with Crippen LogP contribution in [0.2, 0.25) is 0 Å². The van der Waals surface area contributed by atoms with Crippen molar-refractivity contribution in [2.45, 2.75) is 6.92 Å². The molecule has 10 nitrogen and oxygen atoms in total. The molecule has 3 heterocycles. The third kappa shape index (κ3) is 4.24. The minimum Gasteiger partial charge on any atom is -0.465 e. The Kier molecular flexibility index (Phi) is 5.63. The van der Waals surface area contributed by atoms with E-state index in [-0.39, 0.29) is 5.56 Å². The number of aromatic nitrogens is 3. The number of amides is 1. The number of carbonyl (C=O) groups excluding carboxylic acids is 2. The summed E-state index contributed by atoms with van der Waals surface area (Å²) in [7, 11) is 1.28. The molecule has 0 saturated carbocycles. The summed E-state index contributed by atoms with van der Waals surface area (Å²) in [6.07, 6.45) is 1.57. The van der Waals surface area contributed by atoms with Gasteiger partial charge in [-0.05, 0) is 30.7 Å². The summed E-state index contributed by atoms with van der Waals surface area (Å²) < 4.78 is 10.0. The van der Waals surface area contributed by atoms with Gasteiger partial charge in [0.1, 0.15) is 11.2 Å². The molecule has 1 aliphatic heterocycles. The predicted octanol–water partition coefficient (Wildman–Crippen LogP) is 1.50. The van der Waals surface area contributed by atoms with Crippen molar-refractivity contribution in [2.75, 3.05) is 43.6 Å². The summed E-state index contributed by atoms with van der Waals surface area (Å²) in [6.45, 7) is 4.30. The zero-order valence-corrected chi connectivity index (χ0v) is 17.1. The quantitative estimate of drug-likeness (QED) is 0.605. The van der Waals surface area contributed by atoms with Gasteiger partial charge in [0.2, 0.25) is 5.95 Å². The van der Waals surface area contributed by atoms with E-state index in [1.807, 2.05) is 4.90 Å². The number of methoxy groups -OCH3 is 1. The number of rotatable bonds is 4. The first kappa shape index (κ1) is 20.5. The Morgan fingerprint density at radius 3 is 2.74 bits per heavy atom. The molecule has 2 aromatic heterocycles. The molecule has 1 aromatic carbocycles. The first-order valence-electron chi connectivity index (χ1n) is 9.69. The smallest absolute Gasteiger partial charge is 0.337 e. The van der Waals surface area contributed by atoms with Gasteiger partial charge in [-0.2, -0.15) is 4.98 Å². The zero-order chi connectivity index (χ0) is 22.0. The van der Waals surface area contributed by atoms with E-state index in [1.165, 1.54) is 19.2 Å². The summed E-state index contributed by atoms with van der Waals surface area (Å²) >= 11 is 0. The topological polar surface area (TPSA) is 127 Å². The second kappa shape index (κ2) is 8.52. The van der Waals surface area contributed by atoms with E-state index >= 15 is 0 Å². The molecule has 1 amide bonds. The van der Waals surface area contributed by atoms with Crippen molar-refractivity contribution in [3.05, 3.63) is 57.5 Å². The molecule has 160 valence electrons. The summed E-state index contributed by atoms with van der Waals surface area (Å²) in [5, 5.41) is 3.21. The lowest BCUT2D eigenvalue weighted by Crippen LogP contribution is -2.37. The highest BCUT2D eigenvalue weighted by Gasteiger charge is 2.18. The van der Waals surface area contributed by atoms with Gasteiger partial charge in [-0.25, -0.2) is 9.78 Å². The number of benzene rings is 1.